The molecule has 12 heavy (non-hydrogen) atoms. The van der Waals surface area contributed by atoms with Gasteiger partial charge in [0.25, 0.3) is 0 Å². The maximum Gasteiger partial charge on any atom is 0.152 e. The molecule has 1 aliphatic heterocycles. The lowest BCUT2D eigenvalue weighted by Gasteiger charge is -2.13. The molecule has 3 heteroatoms. The Bertz CT molecular complexity index is 344. The highest BCUT2D eigenvalue weighted by molar-refractivity contribution is 5.96. The van der Waals surface area contributed by atoms with Crippen LogP contribution >= 0.6 is 0 Å². The molecule has 3 nitrogen and oxygen atoms in total. The second-order valence-electron chi connectivity index (χ2n) is 2.58. The molecule has 0 spiro atoms. The number of nitrogens with zero attached hydrogens (tertiary/aromatic N) is 1. The van der Waals surface area contributed by atoms with Gasteiger partial charge in [-0.15, -0.1) is 0 Å². The van der Waals surface area contributed by atoms with Crippen LogP contribution in [0.4, 0.5) is 5.69 Å². The van der Waals surface area contributed by atoms with Gasteiger partial charge in [0.1, 0.15) is 6.67 Å². The minimum atomic E-state index is 0.553. The molecule has 0 bridgehead atoms. The molecule has 60 valence electrons. The highest BCUT2D eigenvalue weighted by Gasteiger charge is 2.07. The SMILES string of the molecule is O=Cc1cccc2c1NCN=C2. The summed E-state index contributed by atoms with van der Waals surface area (Å²) >= 11 is 0. The van der Waals surface area contributed by atoms with E-state index in [1.807, 2.05) is 12.1 Å². The van der Waals surface area contributed by atoms with Gasteiger partial charge in [0, 0.05) is 17.3 Å². The quantitative estimate of drug-likeness (QED) is 0.629. The summed E-state index contributed by atoms with van der Waals surface area (Å²) in [5, 5.41) is 3.05. The third kappa shape index (κ3) is 0.993. The average molecular weight is 160 g/mol. The number of rotatable bonds is 1. The number of carbonyl (C=O) groups excluding carboxylic acids is 1. The van der Waals surface area contributed by atoms with Crippen LogP contribution in [0.3, 0.4) is 0 Å². The molecular formula is C9H8N2O. The van der Waals surface area contributed by atoms with Gasteiger partial charge in [-0.2, -0.15) is 0 Å². The number of hydrogen-bond acceptors (Lipinski definition) is 3. The van der Waals surface area contributed by atoms with E-state index in [2.05, 4.69) is 10.3 Å². The summed E-state index contributed by atoms with van der Waals surface area (Å²) in [7, 11) is 0. The molecule has 0 radical (unpaired) electrons. The Morgan fingerprint density at radius 3 is 3.25 bits per heavy atom. The number of nitrogens with one attached hydrogen (secondary N) is 1. The monoisotopic (exact) mass is 160 g/mol. The lowest BCUT2D eigenvalue weighted by atomic mass is 10.1. The Balaban J connectivity index is 2.60. The fourth-order valence-electron chi connectivity index (χ4n) is 1.27. The van der Waals surface area contributed by atoms with Gasteiger partial charge in [0.05, 0.1) is 5.69 Å². The van der Waals surface area contributed by atoms with Gasteiger partial charge in [0.15, 0.2) is 6.29 Å². The van der Waals surface area contributed by atoms with E-state index < -0.39 is 0 Å². The van der Waals surface area contributed by atoms with Gasteiger partial charge < -0.3 is 5.32 Å². The maximum atomic E-state index is 10.6. The summed E-state index contributed by atoms with van der Waals surface area (Å²) in [6.45, 7) is 0.553. The minimum Gasteiger partial charge on any atom is -0.365 e. The zero-order chi connectivity index (χ0) is 8.39. The molecule has 1 heterocycles. The molecule has 1 aliphatic rings. The van der Waals surface area contributed by atoms with Crippen LogP contribution in [0.5, 0.6) is 0 Å². The lowest BCUT2D eigenvalue weighted by molar-refractivity contribution is 0.112. The summed E-state index contributed by atoms with van der Waals surface area (Å²) in [6, 6.07) is 5.57. The van der Waals surface area contributed by atoms with Crippen LogP contribution in [0.25, 0.3) is 0 Å². The van der Waals surface area contributed by atoms with E-state index >= 15 is 0 Å². The molecule has 0 saturated carbocycles. The Kier molecular flexibility index (Phi) is 1.63. The van der Waals surface area contributed by atoms with Crippen molar-refractivity contribution in [1.82, 2.24) is 0 Å². The maximum absolute atomic E-state index is 10.6. The van der Waals surface area contributed by atoms with Gasteiger partial charge >= 0.3 is 0 Å². The highest BCUT2D eigenvalue weighted by atomic mass is 16.1. The normalized spacial score (nSPS) is 13.3. The molecule has 0 atom stereocenters. The highest BCUT2D eigenvalue weighted by Crippen LogP contribution is 2.19. The van der Waals surface area contributed by atoms with Crippen molar-refractivity contribution in [3.05, 3.63) is 29.3 Å². The first-order valence-corrected chi connectivity index (χ1v) is 3.74. The second kappa shape index (κ2) is 2.77. The number of hydrogen-bond donors (Lipinski definition) is 1. The predicted molar refractivity (Wildman–Crippen MR) is 47.9 cm³/mol. The standard InChI is InChI=1S/C9H8N2O/c12-5-8-3-1-2-7-4-10-6-11-9(7)8/h1-5,11H,6H2. The minimum absolute atomic E-state index is 0.553. The van der Waals surface area contributed by atoms with Crippen molar-refractivity contribution in [3.8, 4) is 0 Å². The van der Waals surface area contributed by atoms with E-state index in [0.29, 0.717) is 12.2 Å². The van der Waals surface area contributed by atoms with Crippen LogP contribution in [0.2, 0.25) is 0 Å². The molecule has 0 fully saturated rings. The summed E-state index contributed by atoms with van der Waals surface area (Å²) in [4.78, 5) is 14.6. The predicted octanol–water partition coefficient (Wildman–Crippen LogP) is 1.30. The van der Waals surface area contributed by atoms with Crippen LogP contribution in [0.1, 0.15) is 15.9 Å². The van der Waals surface area contributed by atoms with E-state index in [4.69, 9.17) is 0 Å². The average Bonchev–Trinajstić information content (AvgIpc) is 2.17. The number of aldehydes is 1. The topological polar surface area (TPSA) is 41.5 Å². The van der Waals surface area contributed by atoms with Crippen molar-refractivity contribution in [1.29, 1.82) is 0 Å². The van der Waals surface area contributed by atoms with Gasteiger partial charge in [-0.05, 0) is 6.07 Å². The first-order valence-electron chi connectivity index (χ1n) is 3.74. The van der Waals surface area contributed by atoms with Crippen molar-refractivity contribution >= 4 is 18.2 Å². The molecule has 0 saturated heterocycles. The fraction of sp³-hybridized carbons (Fsp3) is 0.111. The number of fused-ring (bicyclic) bond motifs is 1. The molecule has 0 aliphatic carbocycles. The molecule has 1 aromatic carbocycles. The first-order chi connectivity index (χ1) is 5.92. The zero-order valence-corrected chi connectivity index (χ0v) is 6.45. The Morgan fingerprint density at radius 2 is 2.42 bits per heavy atom. The zero-order valence-electron chi connectivity index (χ0n) is 6.45. The van der Waals surface area contributed by atoms with Crippen LogP contribution in [0, 0.1) is 0 Å². The van der Waals surface area contributed by atoms with E-state index in [9.17, 15) is 4.79 Å². The largest absolute Gasteiger partial charge is 0.365 e. The number of aliphatic imine (C=N–C) groups is 1. The van der Waals surface area contributed by atoms with Crippen LogP contribution in [-0.4, -0.2) is 19.2 Å². The molecule has 0 aromatic heterocycles. The van der Waals surface area contributed by atoms with Gasteiger partial charge in [-0.25, -0.2) is 0 Å². The Hall–Kier alpha value is -1.64. The number of carbonyl (C=O) groups is 1. The van der Waals surface area contributed by atoms with Crippen LogP contribution in [0.15, 0.2) is 23.2 Å². The summed E-state index contributed by atoms with van der Waals surface area (Å²) in [5.74, 6) is 0. The van der Waals surface area contributed by atoms with E-state index in [1.165, 1.54) is 0 Å². The van der Waals surface area contributed by atoms with Gasteiger partial charge in [-0.1, -0.05) is 12.1 Å². The van der Waals surface area contributed by atoms with E-state index in [-0.39, 0.29) is 0 Å². The van der Waals surface area contributed by atoms with Crippen molar-refractivity contribution in [2.45, 2.75) is 0 Å². The summed E-state index contributed by atoms with van der Waals surface area (Å²) in [6.07, 6.45) is 2.63. The number of anilines is 1. The van der Waals surface area contributed by atoms with Crippen molar-refractivity contribution in [2.24, 2.45) is 4.99 Å². The second-order valence-corrected chi connectivity index (χ2v) is 2.58. The van der Waals surface area contributed by atoms with E-state index in [1.54, 1.807) is 12.3 Å². The molecule has 2 rings (SSSR count). The molecule has 1 N–H and O–H groups in total. The van der Waals surface area contributed by atoms with Gasteiger partial charge in [0.2, 0.25) is 0 Å². The molecule has 0 unspecified atom stereocenters. The van der Waals surface area contributed by atoms with E-state index in [0.717, 1.165) is 17.5 Å². The van der Waals surface area contributed by atoms with Gasteiger partial charge in [-0.3, -0.25) is 9.79 Å². The lowest BCUT2D eigenvalue weighted by Crippen LogP contribution is -2.09. The summed E-state index contributed by atoms with van der Waals surface area (Å²) in [5.41, 5.74) is 2.56. The third-order valence-electron chi connectivity index (χ3n) is 1.83. The Labute approximate surface area is 70.1 Å². The Morgan fingerprint density at radius 1 is 1.50 bits per heavy atom. The molecule has 0 amide bonds. The van der Waals surface area contributed by atoms with Crippen LogP contribution in [-0.2, 0) is 0 Å². The van der Waals surface area contributed by atoms with Crippen molar-refractivity contribution in [2.75, 3.05) is 12.0 Å². The first kappa shape index (κ1) is 7.03. The smallest absolute Gasteiger partial charge is 0.152 e. The number of para-hydroxylation sites is 1. The summed E-state index contributed by atoms with van der Waals surface area (Å²) < 4.78 is 0. The fourth-order valence-corrected chi connectivity index (χ4v) is 1.27. The third-order valence-corrected chi connectivity index (χ3v) is 1.83. The van der Waals surface area contributed by atoms with Crippen LogP contribution < -0.4 is 5.32 Å². The molecule has 1 aromatic rings. The van der Waals surface area contributed by atoms with Crippen molar-refractivity contribution in [3.63, 3.8) is 0 Å². The van der Waals surface area contributed by atoms with Crippen molar-refractivity contribution < 1.29 is 4.79 Å². The molecular weight excluding hydrogens is 152 g/mol. The number of benzene rings is 1.